The molecule has 3 rings (SSSR count). The van der Waals surface area contributed by atoms with E-state index < -0.39 is 0 Å². The minimum Gasteiger partial charge on any atom is -0.331 e. The molecule has 0 radical (unpaired) electrons. The van der Waals surface area contributed by atoms with Crippen LogP contribution in [0.2, 0.25) is 0 Å². The summed E-state index contributed by atoms with van der Waals surface area (Å²) in [5.74, 6) is 0.675. The fourth-order valence-electron chi connectivity index (χ4n) is 2.61. The lowest BCUT2D eigenvalue weighted by Gasteiger charge is -2.19. The van der Waals surface area contributed by atoms with Crippen molar-refractivity contribution in [1.82, 2.24) is 14.9 Å². The third-order valence-electron chi connectivity index (χ3n) is 4.20. The zero-order valence-electron chi connectivity index (χ0n) is 15.8. The highest BCUT2D eigenvalue weighted by atomic mass is 32.1. The predicted octanol–water partition coefficient (Wildman–Crippen LogP) is 5.15. The van der Waals surface area contributed by atoms with E-state index in [0.717, 1.165) is 11.3 Å². The maximum absolute atomic E-state index is 5.42. The van der Waals surface area contributed by atoms with Crippen LogP contribution in [0.1, 0.15) is 31.9 Å². The highest BCUT2D eigenvalue weighted by Gasteiger charge is 2.15. The summed E-state index contributed by atoms with van der Waals surface area (Å²) in [6, 6.07) is 16.3. The molecule has 0 bridgehead atoms. The molecule has 140 valence electrons. The average molecular weight is 398 g/mol. The summed E-state index contributed by atoms with van der Waals surface area (Å²) < 4.78 is 2.11. The van der Waals surface area contributed by atoms with E-state index in [2.05, 4.69) is 53.8 Å². The van der Waals surface area contributed by atoms with Crippen molar-refractivity contribution < 1.29 is 0 Å². The third-order valence-corrected chi connectivity index (χ3v) is 4.67. The molecule has 7 heteroatoms. The molecular formula is C20H23N5S2. The first kappa shape index (κ1) is 19.3. The Morgan fingerprint density at radius 2 is 1.67 bits per heavy atom. The molecule has 0 atom stereocenters. The van der Waals surface area contributed by atoms with Crippen LogP contribution in [0.3, 0.4) is 0 Å². The summed E-state index contributed by atoms with van der Waals surface area (Å²) in [5, 5.41) is 10.8. The number of aromatic amines is 1. The van der Waals surface area contributed by atoms with Crippen molar-refractivity contribution in [2.24, 2.45) is 0 Å². The SMILES string of the molecule is Cc1ccc(NC(=S)Nn2c(-c3ccc(C(C)(C)C)cc3)n[nH]c2=S)cc1. The molecule has 0 saturated heterocycles. The normalized spacial score (nSPS) is 11.3. The Labute approximate surface area is 169 Å². The van der Waals surface area contributed by atoms with Gasteiger partial charge < -0.3 is 5.32 Å². The van der Waals surface area contributed by atoms with E-state index in [-0.39, 0.29) is 5.41 Å². The van der Waals surface area contributed by atoms with Crippen molar-refractivity contribution in [3.8, 4) is 11.4 Å². The summed E-state index contributed by atoms with van der Waals surface area (Å²) in [6.07, 6.45) is 0. The summed E-state index contributed by atoms with van der Waals surface area (Å²) >= 11 is 10.8. The van der Waals surface area contributed by atoms with Crippen LogP contribution in [-0.2, 0) is 5.41 Å². The van der Waals surface area contributed by atoms with Gasteiger partial charge in [0.1, 0.15) is 0 Å². The Hall–Kier alpha value is -2.51. The second kappa shape index (κ2) is 7.62. The van der Waals surface area contributed by atoms with E-state index in [1.165, 1.54) is 11.1 Å². The van der Waals surface area contributed by atoms with E-state index in [1.807, 2.05) is 43.3 Å². The van der Waals surface area contributed by atoms with Crippen molar-refractivity contribution in [3.05, 3.63) is 64.4 Å². The van der Waals surface area contributed by atoms with Crippen molar-refractivity contribution >= 4 is 35.2 Å². The molecule has 0 aliphatic rings. The van der Waals surface area contributed by atoms with Gasteiger partial charge in [0.05, 0.1) is 0 Å². The lowest BCUT2D eigenvalue weighted by Crippen LogP contribution is -2.28. The van der Waals surface area contributed by atoms with Crippen LogP contribution >= 0.6 is 24.4 Å². The summed E-state index contributed by atoms with van der Waals surface area (Å²) in [6.45, 7) is 8.61. The molecule has 3 N–H and O–H groups in total. The zero-order chi connectivity index (χ0) is 19.6. The van der Waals surface area contributed by atoms with Gasteiger partial charge in [0.2, 0.25) is 4.77 Å². The van der Waals surface area contributed by atoms with Crippen LogP contribution in [0.5, 0.6) is 0 Å². The van der Waals surface area contributed by atoms with Gasteiger partial charge in [-0.1, -0.05) is 62.7 Å². The number of thiocarbonyl (C=S) groups is 1. The van der Waals surface area contributed by atoms with Gasteiger partial charge in [0.25, 0.3) is 0 Å². The highest BCUT2D eigenvalue weighted by molar-refractivity contribution is 7.80. The van der Waals surface area contributed by atoms with Crippen LogP contribution in [0.4, 0.5) is 5.69 Å². The number of hydrogen-bond donors (Lipinski definition) is 3. The standard InChI is InChI=1S/C20H23N5S2/c1-13-5-11-16(12-6-13)21-18(26)24-25-17(22-23-19(25)27)14-7-9-15(10-8-14)20(2,3)4/h5-12H,1-4H3,(H,23,27)(H2,21,24,26). The Morgan fingerprint density at radius 1 is 1.04 bits per heavy atom. The van der Waals surface area contributed by atoms with Gasteiger partial charge in [-0.2, -0.15) is 5.10 Å². The Kier molecular flexibility index (Phi) is 5.43. The largest absolute Gasteiger partial charge is 0.331 e. The summed E-state index contributed by atoms with van der Waals surface area (Å²) in [4.78, 5) is 0. The van der Waals surface area contributed by atoms with Gasteiger partial charge in [0.15, 0.2) is 10.9 Å². The molecule has 0 amide bonds. The lowest BCUT2D eigenvalue weighted by molar-refractivity contribution is 0.590. The number of benzene rings is 2. The van der Waals surface area contributed by atoms with E-state index in [0.29, 0.717) is 15.7 Å². The molecule has 3 aromatic rings. The van der Waals surface area contributed by atoms with E-state index in [9.17, 15) is 0 Å². The summed E-state index contributed by atoms with van der Waals surface area (Å²) in [5.41, 5.74) is 7.51. The quantitative estimate of drug-likeness (QED) is 0.533. The van der Waals surface area contributed by atoms with Crippen molar-refractivity contribution in [2.75, 3.05) is 10.7 Å². The molecule has 27 heavy (non-hydrogen) atoms. The van der Waals surface area contributed by atoms with Gasteiger partial charge in [-0.3, -0.25) is 5.43 Å². The number of H-pyrrole nitrogens is 1. The topological polar surface area (TPSA) is 57.7 Å². The van der Waals surface area contributed by atoms with Gasteiger partial charge in [-0.25, -0.2) is 9.77 Å². The molecule has 5 nitrogen and oxygen atoms in total. The predicted molar refractivity (Wildman–Crippen MR) is 118 cm³/mol. The van der Waals surface area contributed by atoms with Crippen LogP contribution in [-0.4, -0.2) is 20.0 Å². The zero-order valence-corrected chi connectivity index (χ0v) is 17.5. The molecule has 0 fully saturated rings. The van der Waals surface area contributed by atoms with Crippen LogP contribution in [0, 0.1) is 11.7 Å². The van der Waals surface area contributed by atoms with Gasteiger partial charge in [-0.15, -0.1) is 0 Å². The Morgan fingerprint density at radius 3 is 2.26 bits per heavy atom. The molecule has 1 heterocycles. The molecule has 0 aliphatic carbocycles. The first-order valence-corrected chi connectivity index (χ1v) is 9.49. The van der Waals surface area contributed by atoms with Gasteiger partial charge in [0, 0.05) is 11.3 Å². The molecular weight excluding hydrogens is 374 g/mol. The minimum absolute atomic E-state index is 0.0982. The second-order valence-corrected chi connectivity index (χ2v) is 8.24. The third kappa shape index (κ3) is 4.61. The number of aryl methyl sites for hydroxylation is 1. The fraction of sp³-hybridized carbons (Fsp3) is 0.250. The molecule has 0 aliphatic heterocycles. The summed E-state index contributed by atoms with van der Waals surface area (Å²) in [7, 11) is 0. The van der Waals surface area contributed by atoms with Crippen LogP contribution in [0.25, 0.3) is 11.4 Å². The monoisotopic (exact) mass is 397 g/mol. The Balaban J connectivity index is 1.81. The number of anilines is 1. The lowest BCUT2D eigenvalue weighted by atomic mass is 9.87. The van der Waals surface area contributed by atoms with E-state index >= 15 is 0 Å². The number of aromatic nitrogens is 3. The molecule has 0 unspecified atom stereocenters. The maximum atomic E-state index is 5.42. The molecule has 2 aromatic carbocycles. The van der Waals surface area contributed by atoms with Crippen molar-refractivity contribution in [3.63, 3.8) is 0 Å². The van der Waals surface area contributed by atoms with E-state index in [1.54, 1.807) is 4.68 Å². The van der Waals surface area contributed by atoms with E-state index in [4.69, 9.17) is 24.4 Å². The maximum Gasteiger partial charge on any atom is 0.215 e. The number of nitrogens with one attached hydrogen (secondary N) is 3. The van der Waals surface area contributed by atoms with Crippen LogP contribution < -0.4 is 10.7 Å². The fourth-order valence-corrected chi connectivity index (χ4v) is 3.00. The molecule has 0 spiro atoms. The Bertz CT molecular complexity index is 993. The van der Waals surface area contributed by atoms with Crippen molar-refractivity contribution in [1.29, 1.82) is 0 Å². The number of nitrogens with zero attached hydrogens (tertiary/aromatic N) is 2. The first-order valence-electron chi connectivity index (χ1n) is 8.67. The average Bonchev–Trinajstić information content (AvgIpc) is 2.97. The van der Waals surface area contributed by atoms with Gasteiger partial charge in [-0.05, 0) is 54.5 Å². The van der Waals surface area contributed by atoms with Crippen molar-refractivity contribution in [2.45, 2.75) is 33.1 Å². The smallest absolute Gasteiger partial charge is 0.215 e. The first-order chi connectivity index (χ1) is 12.7. The number of hydrogen-bond acceptors (Lipinski definition) is 3. The second-order valence-electron chi connectivity index (χ2n) is 7.45. The highest BCUT2D eigenvalue weighted by Crippen LogP contribution is 2.25. The molecule has 1 aromatic heterocycles. The minimum atomic E-state index is 0.0982. The number of rotatable bonds is 3. The molecule has 0 saturated carbocycles. The van der Waals surface area contributed by atoms with Crippen LogP contribution in [0.15, 0.2) is 48.5 Å². The van der Waals surface area contributed by atoms with Gasteiger partial charge >= 0.3 is 0 Å².